The highest BCUT2D eigenvalue weighted by Crippen LogP contribution is 2.31. The van der Waals surface area contributed by atoms with Gasteiger partial charge < -0.3 is 10.4 Å². The maximum atomic E-state index is 12.3. The number of hydrogen-bond donors (Lipinski definition) is 2. The highest BCUT2D eigenvalue weighted by Gasteiger charge is 2.35. The molecule has 0 heterocycles. The van der Waals surface area contributed by atoms with Crippen molar-refractivity contribution < 1.29 is 14.7 Å². The van der Waals surface area contributed by atoms with Gasteiger partial charge in [0.2, 0.25) is 5.91 Å². The van der Waals surface area contributed by atoms with Crippen LogP contribution >= 0.6 is 0 Å². The Bertz CT molecular complexity index is 524. The molecule has 2 N–H and O–H groups in total. The first-order chi connectivity index (χ1) is 9.49. The molecule has 1 fully saturated rings. The molecule has 4 heteroatoms. The average Bonchev–Trinajstić information content (AvgIpc) is 2.41. The lowest BCUT2D eigenvalue weighted by Crippen LogP contribution is -2.36. The Labute approximate surface area is 119 Å². The van der Waals surface area contributed by atoms with Crippen LogP contribution in [0.1, 0.15) is 36.8 Å². The zero-order valence-electron chi connectivity index (χ0n) is 12.0. The minimum absolute atomic E-state index is 0.163. The number of carbonyl (C=O) groups excluding carboxylic acids is 1. The molecule has 0 bridgehead atoms. The molecule has 1 aliphatic rings. The lowest BCUT2D eigenvalue weighted by Gasteiger charge is -2.27. The maximum Gasteiger partial charge on any atom is 0.307 e. The molecular formula is C16H21NO3. The largest absolute Gasteiger partial charge is 0.481 e. The quantitative estimate of drug-likeness (QED) is 0.890. The first-order valence-electron chi connectivity index (χ1n) is 7.10. The Morgan fingerprint density at radius 3 is 2.40 bits per heavy atom. The molecule has 0 unspecified atom stereocenters. The smallest absolute Gasteiger partial charge is 0.307 e. The van der Waals surface area contributed by atoms with E-state index in [1.807, 2.05) is 32.0 Å². The molecule has 4 nitrogen and oxygen atoms in total. The van der Waals surface area contributed by atoms with E-state index in [1.54, 1.807) is 0 Å². The zero-order chi connectivity index (χ0) is 14.7. The van der Waals surface area contributed by atoms with E-state index >= 15 is 0 Å². The number of amides is 1. The number of aliphatic carboxylic acids is 1. The van der Waals surface area contributed by atoms with Gasteiger partial charge in [-0.2, -0.15) is 0 Å². The number of carbonyl (C=O) groups is 2. The van der Waals surface area contributed by atoms with Gasteiger partial charge >= 0.3 is 5.97 Å². The fourth-order valence-corrected chi connectivity index (χ4v) is 2.92. The third-order valence-electron chi connectivity index (χ3n) is 4.06. The molecule has 1 aromatic carbocycles. The minimum atomic E-state index is -0.856. The van der Waals surface area contributed by atoms with Gasteiger partial charge in [-0.05, 0) is 38.3 Å². The number of hydrogen-bond acceptors (Lipinski definition) is 2. The predicted molar refractivity (Wildman–Crippen MR) is 77.6 cm³/mol. The number of benzene rings is 1. The van der Waals surface area contributed by atoms with Gasteiger partial charge in [-0.15, -0.1) is 0 Å². The van der Waals surface area contributed by atoms with Crippen LogP contribution in [0.3, 0.4) is 0 Å². The second-order valence-electron chi connectivity index (χ2n) is 5.64. The van der Waals surface area contributed by atoms with Crippen LogP contribution in [0.4, 0.5) is 5.69 Å². The number of aryl methyl sites for hydroxylation is 2. The fourth-order valence-electron chi connectivity index (χ4n) is 2.92. The number of nitrogens with one attached hydrogen (secondary N) is 1. The van der Waals surface area contributed by atoms with Gasteiger partial charge in [0.25, 0.3) is 0 Å². The van der Waals surface area contributed by atoms with Gasteiger partial charge in [-0.1, -0.05) is 30.5 Å². The average molecular weight is 275 g/mol. The van der Waals surface area contributed by atoms with Gasteiger partial charge in [0, 0.05) is 5.69 Å². The van der Waals surface area contributed by atoms with Crippen molar-refractivity contribution >= 4 is 17.6 Å². The molecule has 20 heavy (non-hydrogen) atoms. The summed E-state index contributed by atoms with van der Waals surface area (Å²) in [5.41, 5.74) is 2.91. The summed E-state index contributed by atoms with van der Waals surface area (Å²) in [5, 5.41) is 12.1. The first-order valence-corrected chi connectivity index (χ1v) is 7.10. The highest BCUT2D eigenvalue weighted by atomic mass is 16.4. The SMILES string of the molecule is Cc1ccc(NC(=O)[C@@H]2CCCC[C@H]2C(=O)O)c(C)c1. The molecular weight excluding hydrogens is 254 g/mol. The molecule has 2 atom stereocenters. The second-order valence-corrected chi connectivity index (χ2v) is 5.64. The van der Waals surface area contributed by atoms with Gasteiger partial charge in [-0.25, -0.2) is 0 Å². The Morgan fingerprint density at radius 2 is 1.80 bits per heavy atom. The highest BCUT2D eigenvalue weighted by molar-refractivity contribution is 5.95. The number of carboxylic acid groups (broad SMARTS) is 1. The van der Waals surface area contributed by atoms with Crippen LogP contribution in [-0.2, 0) is 9.59 Å². The van der Waals surface area contributed by atoms with Crippen molar-refractivity contribution in [3.8, 4) is 0 Å². The summed E-state index contributed by atoms with van der Waals surface area (Å²) in [7, 11) is 0. The fraction of sp³-hybridized carbons (Fsp3) is 0.500. The summed E-state index contributed by atoms with van der Waals surface area (Å²) in [6.07, 6.45) is 3.08. The van der Waals surface area contributed by atoms with Crippen molar-refractivity contribution in [3.63, 3.8) is 0 Å². The van der Waals surface area contributed by atoms with Crippen LogP contribution in [0.5, 0.6) is 0 Å². The van der Waals surface area contributed by atoms with Crippen LogP contribution in [0.2, 0.25) is 0 Å². The topological polar surface area (TPSA) is 66.4 Å². The van der Waals surface area contributed by atoms with Gasteiger partial charge in [0.05, 0.1) is 11.8 Å². The van der Waals surface area contributed by atoms with Crippen molar-refractivity contribution in [2.24, 2.45) is 11.8 Å². The van der Waals surface area contributed by atoms with E-state index in [4.69, 9.17) is 0 Å². The number of rotatable bonds is 3. The van der Waals surface area contributed by atoms with Gasteiger partial charge in [0.1, 0.15) is 0 Å². The number of anilines is 1. The van der Waals surface area contributed by atoms with Crippen molar-refractivity contribution in [1.82, 2.24) is 0 Å². The van der Waals surface area contributed by atoms with E-state index in [2.05, 4.69) is 5.32 Å². The molecule has 0 aromatic heterocycles. The van der Waals surface area contributed by atoms with Crippen LogP contribution < -0.4 is 5.32 Å². The van der Waals surface area contributed by atoms with Crippen molar-refractivity contribution in [2.75, 3.05) is 5.32 Å². The van der Waals surface area contributed by atoms with E-state index in [1.165, 1.54) is 0 Å². The monoisotopic (exact) mass is 275 g/mol. The Hall–Kier alpha value is -1.84. The van der Waals surface area contributed by atoms with Crippen molar-refractivity contribution in [1.29, 1.82) is 0 Å². The molecule has 108 valence electrons. The molecule has 1 aromatic rings. The van der Waals surface area contributed by atoms with Crippen LogP contribution in [0, 0.1) is 25.7 Å². The van der Waals surface area contributed by atoms with Gasteiger partial charge in [0.15, 0.2) is 0 Å². The lowest BCUT2D eigenvalue weighted by atomic mass is 9.78. The third kappa shape index (κ3) is 3.18. The minimum Gasteiger partial charge on any atom is -0.481 e. The molecule has 0 saturated heterocycles. The Morgan fingerprint density at radius 1 is 1.15 bits per heavy atom. The summed E-state index contributed by atoms with van der Waals surface area (Å²) < 4.78 is 0. The summed E-state index contributed by atoms with van der Waals surface area (Å²) in [4.78, 5) is 23.6. The van der Waals surface area contributed by atoms with Crippen molar-refractivity contribution in [2.45, 2.75) is 39.5 Å². The maximum absolute atomic E-state index is 12.3. The summed E-state index contributed by atoms with van der Waals surface area (Å²) in [6.45, 7) is 3.94. The standard InChI is InChI=1S/C16H21NO3/c1-10-7-8-14(11(2)9-10)17-15(18)12-5-3-4-6-13(12)16(19)20/h7-9,12-13H,3-6H2,1-2H3,(H,17,18)(H,19,20)/t12-,13-/m1/s1. The zero-order valence-corrected chi connectivity index (χ0v) is 12.0. The molecule has 1 amide bonds. The van der Waals surface area contributed by atoms with E-state index < -0.39 is 17.8 Å². The lowest BCUT2D eigenvalue weighted by molar-refractivity contribution is -0.147. The second kappa shape index (κ2) is 6.07. The molecule has 1 saturated carbocycles. The van der Waals surface area contributed by atoms with Crippen LogP contribution in [0.25, 0.3) is 0 Å². The Balaban J connectivity index is 2.12. The first kappa shape index (κ1) is 14.6. The van der Waals surface area contributed by atoms with E-state index in [0.29, 0.717) is 12.8 Å². The van der Waals surface area contributed by atoms with E-state index in [9.17, 15) is 14.7 Å². The van der Waals surface area contributed by atoms with Crippen LogP contribution in [0.15, 0.2) is 18.2 Å². The number of carboxylic acids is 1. The predicted octanol–water partition coefficient (Wildman–Crippen LogP) is 3.13. The summed E-state index contributed by atoms with van der Waals surface area (Å²) >= 11 is 0. The van der Waals surface area contributed by atoms with Crippen LogP contribution in [-0.4, -0.2) is 17.0 Å². The summed E-state index contributed by atoms with van der Waals surface area (Å²) in [6, 6.07) is 5.82. The molecule has 0 radical (unpaired) electrons. The Kier molecular flexibility index (Phi) is 4.42. The summed E-state index contributed by atoms with van der Waals surface area (Å²) in [5.74, 6) is -1.98. The molecule has 0 aliphatic heterocycles. The third-order valence-corrected chi connectivity index (χ3v) is 4.06. The van der Waals surface area contributed by atoms with Gasteiger partial charge in [-0.3, -0.25) is 9.59 Å². The molecule has 2 rings (SSSR count). The van der Waals surface area contributed by atoms with E-state index in [-0.39, 0.29) is 5.91 Å². The molecule has 0 spiro atoms. The van der Waals surface area contributed by atoms with Crippen molar-refractivity contribution in [3.05, 3.63) is 29.3 Å². The normalized spacial score (nSPS) is 22.3. The van der Waals surface area contributed by atoms with E-state index in [0.717, 1.165) is 29.7 Å². The molecule has 1 aliphatic carbocycles.